The number of nitrogens with zero attached hydrogens (tertiary/aromatic N) is 2. The van der Waals surface area contributed by atoms with Crippen LogP contribution in [0, 0.1) is 17.2 Å². The molecule has 2 rings (SSSR count). The first-order chi connectivity index (χ1) is 12.1. The lowest BCUT2D eigenvalue weighted by atomic mass is 10.0. The molecule has 0 amide bonds. The van der Waals surface area contributed by atoms with Gasteiger partial charge in [0.25, 0.3) is 0 Å². The van der Waals surface area contributed by atoms with Crippen LogP contribution in [0.15, 0.2) is 65.7 Å². The summed E-state index contributed by atoms with van der Waals surface area (Å²) in [6, 6.07) is 18.2. The minimum Gasteiger partial charge on any atom is -0.265 e. The van der Waals surface area contributed by atoms with Gasteiger partial charge >= 0.3 is 0 Å². The van der Waals surface area contributed by atoms with Crippen LogP contribution in [0.3, 0.4) is 0 Å². The molecule has 0 radical (unpaired) electrons. The van der Waals surface area contributed by atoms with Crippen LogP contribution >= 0.6 is 0 Å². The van der Waals surface area contributed by atoms with Crippen molar-refractivity contribution in [3.63, 3.8) is 0 Å². The van der Waals surface area contributed by atoms with Crippen molar-refractivity contribution >= 4 is 5.71 Å². The van der Waals surface area contributed by atoms with E-state index in [4.69, 9.17) is 8.22 Å². The predicted octanol–water partition coefficient (Wildman–Crippen LogP) is 4.07. The van der Waals surface area contributed by atoms with Gasteiger partial charge in [0.1, 0.15) is 6.04 Å². The summed E-state index contributed by atoms with van der Waals surface area (Å²) in [5.41, 5.74) is 1.74. The molecule has 0 saturated heterocycles. The highest BCUT2D eigenvalue weighted by Crippen LogP contribution is 2.14. The second kappa shape index (κ2) is 6.68. The maximum Gasteiger partial charge on any atom is 0.139 e. The van der Waals surface area contributed by atoms with E-state index >= 15 is 0 Å². The van der Waals surface area contributed by atoms with E-state index in [1.807, 2.05) is 12.1 Å². The van der Waals surface area contributed by atoms with E-state index in [0.29, 0.717) is 16.8 Å². The van der Waals surface area contributed by atoms with Crippen LogP contribution in [-0.4, -0.2) is 11.8 Å². The Morgan fingerprint density at radius 1 is 1.00 bits per heavy atom. The molecule has 0 aromatic heterocycles. The quantitative estimate of drug-likeness (QED) is 0.770. The van der Waals surface area contributed by atoms with E-state index in [0.717, 1.165) is 0 Å². The number of rotatable bonds is 4. The molecule has 2 aromatic rings. The molecule has 1 unspecified atom stereocenters. The topological polar surface area (TPSA) is 36.1 Å². The number of aliphatic imine (C=N–C) groups is 1. The largest absolute Gasteiger partial charge is 0.265 e. The Kier molecular flexibility index (Phi) is 2.67. The van der Waals surface area contributed by atoms with Gasteiger partial charge in [-0.25, -0.2) is 0 Å². The molecular weight excluding hydrogens is 244 g/mol. The van der Waals surface area contributed by atoms with Crippen LogP contribution in [0.2, 0.25) is 0 Å². The van der Waals surface area contributed by atoms with Crippen LogP contribution in [-0.2, 0) is 0 Å². The van der Waals surface area contributed by atoms with Crippen LogP contribution < -0.4 is 0 Å². The number of hydrogen-bond donors (Lipinski definition) is 0. The molecule has 0 spiro atoms. The van der Waals surface area contributed by atoms with E-state index in [1.165, 1.54) is 0 Å². The Hall–Kier alpha value is -2.40. The van der Waals surface area contributed by atoms with Gasteiger partial charge in [-0.3, -0.25) is 4.99 Å². The Morgan fingerprint density at radius 2 is 1.50 bits per heavy atom. The Bertz CT molecular complexity index is 733. The van der Waals surface area contributed by atoms with Gasteiger partial charge in [0.05, 0.1) is 11.8 Å². The fourth-order valence-corrected chi connectivity index (χ4v) is 1.82. The fraction of sp³-hybridized carbons (Fsp3) is 0.222. The summed E-state index contributed by atoms with van der Waals surface area (Å²) in [7, 11) is 0. The van der Waals surface area contributed by atoms with Crippen molar-refractivity contribution in [1.82, 2.24) is 0 Å². The summed E-state index contributed by atoms with van der Waals surface area (Å²) >= 11 is 0. The fourth-order valence-electron chi connectivity index (χ4n) is 1.82. The Labute approximate surface area is 128 Å². The molecule has 0 heterocycles. The second-order valence-corrected chi connectivity index (χ2v) is 4.26. The normalized spacial score (nSPS) is 17.4. The average Bonchev–Trinajstić information content (AvgIpc) is 2.57. The molecule has 1 atom stereocenters. The third kappa shape index (κ3) is 3.33. The average molecular weight is 268 g/mol. The molecular formula is C18H18N2. The summed E-state index contributed by atoms with van der Waals surface area (Å²) in [5, 5.41) is 9.51. The zero-order chi connectivity index (χ0) is 19.4. The van der Waals surface area contributed by atoms with E-state index < -0.39 is 25.7 Å². The highest BCUT2D eigenvalue weighted by Gasteiger charge is 2.14. The standard InChI is InChI=1S/C18H18N2/c1-14(2)17(13-19)20-18(15-9-5-3-6-10-15)16-11-7-4-8-12-16/h3-12,14,17H,1-2H3/i1D3,2D3. The minimum absolute atomic E-state index is 0.385. The lowest BCUT2D eigenvalue weighted by molar-refractivity contribution is 0.582. The summed E-state index contributed by atoms with van der Waals surface area (Å²) < 4.78 is 45.5. The smallest absolute Gasteiger partial charge is 0.139 e. The zero-order valence-corrected chi connectivity index (χ0v) is 10.8. The Morgan fingerprint density at radius 3 is 1.90 bits per heavy atom. The molecule has 0 fully saturated rings. The van der Waals surface area contributed by atoms with Crippen molar-refractivity contribution in [3.8, 4) is 6.07 Å². The molecule has 2 nitrogen and oxygen atoms in total. The number of nitriles is 1. The molecule has 0 aliphatic carbocycles. The number of benzene rings is 2. The molecule has 2 heteroatoms. The first kappa shape index (κ1) is 8.01. The van der Waals surface area contributed by atoms with E-state index in [9.17, 15) is 5.26 Å². The van der Waals surface area contributed by atoms with Crippen LogP contribution in [0.4, 0.5) is 0 Å². The van der Waals surface area contributed by atoms with E-state index in [-0.39, 0.29) is 0 Å². The molecule has 0 aliphatic rings. The molecule has 0 saturated carbocycles. The van der Waals surface area contributed by atoms with E-state index in [1.54, 1.807) is 54.6 Å². The van der Waals surface area contributed by atoms with Crippen molar-refractivity contribution < 1.29 is 8.22 Å². The van der Waals surface area contributed by atoms with Gasteiger partial charge in [0.15, 0.2) is 0 Å². The van der Waals surface area contributed by atoms with Crippen molar-refractivity contribution in [3.05, 3.63) is 71.8 Å². The monoisotopic (exact) mass is 268 g/mol. The van der Waals surface area contributed by atoms with Gasteiger partial charge in [0, 0.05) is 19.4 Å². The molecule has 0 bridgehead atoms. The van der Waals surface area contributed by atoms with Crippen molar-refractivity contribution in [1.29, 1.82) is 5.26 Å². The molecule has 0 aliphatic heterocycles. The Balaban J connectivity index is 2.62. The third-order valence-electron chi connectivity index (χ3n) is 2.81. The maximum atomic E-state index is 9.51. The first-order valence-electron chi connectivity index (χ1n) is 9.23. The highest BCUT2D eigenvalue weighted by atomic mass is 14.8. The molecule has 100 valence electrons. The van der Waals surface area contributed by atoms with Crippen molar-refractivity contribution in [2.24, 2.45) is 10.9 Å². The molecule has 20 heavy (non-hydrogen) atoms. The number of hydrogen-bond acceptors (Lipinski definition) is 2. The highest BCUT2D eigenvalue weighted by molar-refractivity contribution is 6.13. The van der Waals surface area contributed by atoms with Crippen molar-refractivity contribution in [2.45, 2.75) is 19.7 Å². The van der Waals surface area contributed by atoms with Gasteiger partial charge in [-0.2, -0.15) is 5.26 Å². The van der Waals surface area contributed by atoms with Crippen LogP contribution in [0.25, 0.3) is 0 Å². The van der Waals surface area contributed by atoms with Gasteiger partial charge in [-0.15, -0.1) is 0 Å². The lowest BCUT2D eigenvalue weighted by Gasteiger charge is -2.13. The third-order valence-corrected chi connectivity index (χ3v) is 2.81. The van der Waals surface area contributed by atoms with Crippen molar-refractivity contribution in [2.75, 3.05) is 0 Å². The van der Waals surface area contributed by atoms with Gasteiger partial charge in [0.2, 0.25) is 0 Å². The SMILES string of the molecule is [2H]C([2H])([2H])C(C(C#N)N=C(c1ccccc1)c1ccccc1)C([2H])([2H])[2H]. The molecule has 0 N–H and O–H groups in total. The van der Waals surface area contributed by atoms with Gasteiger partial charge in [-0.1, -0.05) is 74.4 Å². The predicted molar refractivity (Wildman–Crippen MR) is 82.8 cm³/mol. The van der Waals surface area contributed by atoms with Crippen LogP contribution in [0.1, 0.15) is 33.1 Å². The summed E-state index contributed by atoms with van der Waals surface area (Å²) in [6.45, 7) is -5.68. The first-order valence-corrected chi connectivity index (χ1v) is 6.23. The minimum atomic E-state index is -2.84. The summed E-state index contributed by atoms with van der Waals surface area (Å²) in [6.07, 6.45) is 0. The second-order valence-electron chi connectivity index (χ2n) is 4.26. The van der Waals surface area contributed by atoms with E-state index in [2.05, 4.69) is 4.99 Å². The van der Waals surface area contributed by atoms with Crippen LogP contribution in [0.5, 0.6) is 0 Å². The summed E-state index contributed by atoms with van der Waals surface area (Å²) in [4.78, 5) is 4.30. The maximum absolute atomic E-state index is 9.51. The lowest BCUT2D eigenvalue weighted by Crippen LogP contribution is -2.15. The van der Waals surface area contributed by atoms with Gasteiger partial charge < -0.3 is 0 Å². The molecule has 2 aromatic carbocycles. The summed E-state index contributed by atoms with van der Waals surface area (Å²) in [5.74, 6) is -1.87. The zero-order valence-electron chi connectivity index (χ0n) is 16.8. The van der Waals surface area contributed by atoms with Gasteiger partial charge in [-0.05, 0) is 5.92 Å².